The van der Waals surface area contributed by atoms with Crippen LogP contribution < -0.4 is 5.32 Å². The van der Waals surface area contributed by atoms with Crippen LogP contribution in [0.25, 0.3) is 5.57 Å². The van der Waals surface area contributed by atoms with Gasteiger partial charge in [0.1, 0.15) is 0 Å². The summed E-state index contributed by atoms with van der Waals surface area (Å²) in [7, 11) is 0. The van der Waals surface area contributed by atoms with Gasteiger partial charge in [-0.2, -0.15) is 5.10 Å². The minimum Gasteiger partial charge on any atom is -0.336 e. The van der Waals surface area contributed by atoms with E-state index in [-0.39, 0.29) is 6.03 Å². The zero-order valence-corrected chi connectivity index (χ0v) is 13.5. The molecule has 22 heavy (non-hydrogen) atoms. The molecule has 0 saturated heterocycles. The SMILES string of the molecule is Cc1cnn(CCNC(=O)N2CC=C(c3cccs3)CC2)c1. The molecule has 116 valence electrons. The summed E-state index contributed by atoms with van der Waals surface area (Å²) >= 11 is 1.76. The largest absolute Gasteiger partial charge is 0.336 e. The van der Waals surface area contributed by atoms with Crippen molar-refractivity contribution in [1.29, 1.82) is 0 Å². The number of hydrogen-bond donors (Lipinski definition) is 1. The van der Waals surface area contributed by atoms with Crippen LogP contribution in [0.4, 0.5) is 4.79 Å². The summed E-state index contributed by atoms with van der Waals surface area (Å²) in [4.78, 5) is 15.3. The van der Waals surface area contributed by atoms with Crippen molar-refractivity contribution in [2.24, 2.45) is 0 Å². The molecule has 3 rings (SSSR count). The molecule has 1 N–H and O–H groups in total. The lowest BCUT2D eigenvalue weighted by atomic mass is 10.1. The van der Waals surface area contributed by atoms with Crippen LogP contribution in [0.1, 0.15) is 16.9 Å². The maximum absolute atomic E-state index is 12.1. The normalized spacial score (nSPS) is 14.8. The van der Waals surface area contributed by atoms with Crippen molar-refractivity contribution in [3.63, 3.8) is 0 Å². The van der Waals surface area contributed by atoms with Gasteiger partial charge in [0.25, 0.3) is 0 Å². The van der Waals surface area contributed by atoms with Gasteiger partial charge in [0, 0.05) is 30.7 Å². The number of nitrogens with one attached hydrogen (secondary N) is 1. The first-order valence-corrected chi connectivity index (χ1v) is 8.35. The predicted molar refractivity (Wildman–Crippen MR) is 88.8 cm³/mol. The first kappa shape index (κ1) is 14.8. The molecule has 0 aliphatic carbocycles. The van der Waals surface area contributed by atoms with Crippen LogP contribution in [0.3, 0.4) is 0 Å². The topological polar surface area (TPSA) is 50.2 Å². The zero-order chi connectivity index (χ0) is 15.4. The third-order valence-corrected chi connectivity index (χ3v) is 4.66. The monoisotopic (exact) mass is 316 g/mol. The van der Waals surface area contributed by atoms with E-state index in [4.69, 9.17) is 0 Å². The van der Waals surface area contributed by atoms with Gasteiger partial charge < -0.3 is 10.2 Å². The van der Waals surface area contributed by atoms with Gasteiger partial charge >= 0.3 is 6.03 Å². The van der Waals surface area contributed by atoms with Gasteiger partial charge in [-0.1, -0.05) is 12.1 Å². The number of urea groups is 1. The summed E-state index contributed by atoms with van der Waals surface area (Å²) in [5.41, 5.74) is 2.49. The molecule has 0 fully saturated rings. The molecular formula is C16H20N4OS. The van der Waals surface area contributed by atoms with E-state index in [0.29, 0.717) is 19.6 Å². The van der Waals surface area contributed by atoms with Crippen LogP contribution in [0.15, 0.2) is 36.0 Å². The number of thiophene rings is 1. The van der Waals surface area contributed by atoms with Gasteiger partial charge in [-0.25, -0.2) is 4.79 Å². The molecule has 0 atom stereocenters. The summed E-state index contributed by atoms with van der Waals surface area (Å²) in [5, 5.41) is 9.26. The molecule has 6 heteroatoms. The highest BCUT2D eigenvalue weighted by Gasteiger charge is 2.17. The molecular weight excluding hydrogens is 296 g/mol. The molecule has 0 saturated carbocycles. The average molecular weight is 316 g/mol. The first-order valence-electron chi connectivity index (χ1n) is 7.47. The Morgan fingerprint density at radius 3 is 3.05 bits per heavy atom. The first-order chi connectivity index (χ1) is 10.7. The van der Waals surface area contributed by atoms with Gasteiger partial charge in [0.05, 0.1) is 12.7 Å². The standard InChI is InChI=1S/C16H20N4OS/c1-13-11-18-20(12-13)9-6-17-16(21)19-7-4-14(5-8-19)15-3-2-10-22-15/h2-4,10-12H,5-9H2,1H3,(H,17,21). The lowest BCUT2D eigenvalue weighted by Gasteiger charge is -2.26. The number of amides is 2. The van der Waals surface area contributed by atoms with Crippen molar-refractivity contribution >= 4 is 22.9 Å². The van der Waals surface area contributed by atoms with Crippen LogP contribution in [-0.4, -0.2) is 40.3 Å². The highest BCUT2D eigenvalue weighted by molar-refractivity contribution is 7.11. The van der Waals surface area contributed by atoms with Crippen molar-refractivity contribution in [3.8, 4) is 0 Å². The zero-order valence-electron chi connectivity index (χ0n) is 12.7. The second-order valence-electron chi connectivity index (χ2n) is 5.42. The number of aromatic nitrogens is 2. The van der Waals surface area contributed by atoms with Gasteiger partial charge in [-0.3, -0.25) is 4.68 Å². The molecule has 0 spiro atoms. The molecule has 0 bridgehead atoms. The van der Waals surface area contributed by atoms with E-state index >= 15 is 0 Å². The Hall–Kier alpha value is -2.08. The number of rotatable bonds is 4. The minimum atomic E-state index is 0.00496. The lowest BCUT2D eigenvalue weighted by molar-refractivity contribution is 0.202. The maximum Gasteiger partial charge on any atom is 0.317 e. The Labute approximate surface area is 134 Å². The van der Waals surface area contributed by atoms with Gasteiger partial charge in [0.15, 0.2) is 0 Å². The van der Waals surface area contributed by atoms with Crippen molar-refractivity contribution in [2.45, 2.75) is 19.9 Å². The molecule has 2 amide bonds. The van der Waals surface area contributed by atoms with E-state index < -0.39 is 0 Å². The van der Waals surface area contributed by atoms with Crippen LogP contribution in [0.2, 0.25) is 0 Å². The van der Waals surface area contributed by atoms with E-state index in [2.05, 4.69) is 34.0 Å². The number of nitrogens with zero attached hydrogens (tertiary/aromatic N) is 3. The third kappa shape index (κ3) is 3.57. The van der Waals surface area contributed by atoms with E-state index in [0.717, 1.165) is 18.5 Å². The summed E-state index contributed by atoms with van der Waals surface area (Å²) in [6.45, 7) is 4.76. The minimum absolute atomic E-state index is 0.00496. The molecule has 5 nitrogen and oxygen atoms in total. The molecule has 0 aromatic carbocycles. The van der Waals surface area contributed by atoms with Gasteiger partial charge in [0.2, 0.25) is 0 Å². The Morgan fingerprint density at radius 1 is 1.50 bits per heavy atom. The predicted octanol–water partition coefficient (Wildman–Crippen LogP) is 2.75. The Balaban J connectivity index is 1.45. The van der Waals surface area contributed by atoms with E-state index in [1.54, 1.807) is 11.3 Å². The number of hydrogen-bond acceptors (Lipinski definition) is 3. The molecule has 1 aliphatic heterocycles. The summed E-state index contributed by atoms with van der Waals surface area (Å²) in [6, 6.07) is 4.21. The molecule has 0 radical (unpaired) electrons. The molecule has 2 aromatic heterocycles. The van der Waals surface area contributed by atoms with E-state index in [1.165, 1.54) is 10.5 Å². The quantitative estimate of drug-likeness (QED) is 0.943. The van der Waals surface area contributed by atoms with Crippen molar-refractivity contribution in [3.05, 3.63) is 46.4 Å². The fourth-order valence-electron chi connectivity index (χ4n) is 2.52. The van der Waals surface area contributed by atoms with Crippen LogP contribution >= 0.6 is 11.3 Å². The van der Waals surface area contributed by atoms with Gasteiger partial charge in [-0.05, 0) is 35.9 Å². The third-order valence-electron chi connectivity index (χ3n) is 3.71. The molecule has 3 heterocycles. The second-order valence-corrected chi connectivity index (χ2v) is 6.36. The van der Waals surface area contributed by atoms with Crippen molar-refractivity contribution in [2.75, 3.05) is 19.6 Å². The van der Waals surface area contributed by atoms with Crippen molar-refractivity contribution in [1.82, 2.24) is 20.0 Å². The Bertz CT molecular complexity index is 660. The highest BCUT2D eigenvalue weighted by atomic mass is 32.1. The van der Waals surface area contributed by atoms with Crippen LogP contribution in [0.5, 0.6) is 0 Å². The highest BCUT2D eigenvalue weighted by Crippen LogP contribution is 2.25. The van der Waals surface area contributed by atoms with Crippen LogP contribution in [0, 0.1) is 6.92 Å². The maximum atomic E-state index is 12.1. The fraction of sp³-hybridized carbons (Fsp3) is 0.375. The lowest BCUT2D eigenvalue weighted by Crippen LogP contribution is -2.43. The summed E-state index contributed by atoms with van der Waals surface area (Å²) in [5.74, 6) is 0. The number of carbonyl (C=O) groups is 1. The summed E-state index contributed by atoms with van der Waals surface area (Å²) < 4.78 is 1.85. The molecule has 2 aromatic rings. The average Bonchev–Trinajstić information content (AvgIpc) is 3.19. The molecule has 1 aliphatic rings. The number of aryl methyl sites for hydroxylation is 1. The molecule has 0 unspecified atom stereocenters. The van der Waals surface area contributed by atoms with E-state index in [9.17, 15) is 4.79 Å². The second kappa shape index (κ2) is 6.79. The van der Waals surface area contributed by atoms with Crippen LogP contribution in [-0.2, 0) is 6.54 Å². The van der Waals surface area contributed by atoms with Crippen molar-refractivity contribution < 1.29 is 4.79 Å². The smallest absolute Gasteiger partial charge is 0.317 e. The summed E-state index contributed by atoms with van der Waals surface area (Å²) in [6.07, 6.45) is 6.88. The number of carbonyl (C=O) groups excluding carboxylic acids is 1. The van der Waals surface area contributed by atoms with Gasteiger partial charge in [-0.15, -0.1) is 11.3 Å². The van der Waals surface area contributed by atoms with E-state index in [1.807, 2.05) is 28.9 Å². The Morgan fingerprint density at radius 2 is 2.41 bits per heavy atom. The fourth-order valence-corrected chi connectivity index (χ4v) is 3.31. The Kier molecular flexibility index (Phi) is 4.58.